The maximum absolute atomic E-state index is 13.0. The number of anilines is 1. The zero-order chi connectivity index (χ0) is 18.4. The van der Waals surface area contributed by atoms with Crippen LogP contribution in [0.5, 0.6) is 0 Å². The van der Waals surface area contributed by atoms with Crippen LogP contribution in [0.4, 0.5) is 10.5 Å². The number of aromatic nitrogens is 1. The molecule has 5 nitrogen and oxygen atoms in total. The summed E-state index contributed by atoms with van der Waals surface area (Å²) in [5, 5.41) is 3.09. The Morgan fingerprint density at radius 2 is 2.08 bits per heavy atom. The summed E-state index contributed by atoms with van der Waals surface area (Å²) in [6.45, 7) is 6.08. The third-order valence-corrected chi connectivity index (χ3v) is 4.64. The zero-order valence-corrected chi connectivity index (χ0v) is 15.5. The van der Waals surface area contributed by atoms with Crippen molar-refractivity contribution >= 4 is 11.7 Å². The molecule has 1 fully saturated rings. The Morgan fingerprint density at radius 1 is 1.27 bits per heavy atom. The maximum atomic E-state index is 13.0. The fourth-order valence-corrected chi connectivity index (χ4v) is 3.25. The number of ether oxygens (including phenoxy) is 1. The first kappa shape index (κ1) is 18.4. The SMILES string of the molecule is CC(C)c1ccccc1NC(=O)N(Cc1ccccn1)C[C@H]1CCCO1. The van der Waals surface area contributed by atoms with Crippen molar-refractivity contribution in [2.24, 2.45) is 0 Å². The summed E-state index contributed by atoms with van der Waals surface area (Å²) in [6.07, 6.45) is 3.91. The first-order valence-electron chi connectivity index (χ1n) is 9.30. The topological polar surface area (TPSA) is 54.5 Å². The number of nitrogens with one attached hydrogen (secondary N) is 1. The second kappa shape index (κ2) is 8.81. The van der Waals surface area contributed by atoms with Gasteiger partial charge in [-0.25, -0.2) is 4.79 Å². The van der Waals surface area contributed by atoms with E-state index in [1.165, 1.54) is 0 Å². The average molecular weight is 353 g/mol. The Bertz CT molecular complexity index is 712. The van der Waals surface area contributed by atoms with Crippen molar-refractivity contribution in [1.29, 1.82) is 0 Å². The van der Waals surface area contributed by atoms with Crippen molar-refractivity contribution in [2.75, 3.05) is 18.5 Å². The highest BCUT2D eigenvalue weighted by Crippen LogP contribution is 2.24. The van der Waals surface area contributed by atoms with Gasteiger partial charge < -0.3 is 15.0 Å². The lowest BCUT2D eigenvalue weighted by Crippen LogP contribution is -2.40. The van der Waals surface area contributed by atoms with E-state index in [0.29, 0.717) is 19.0 Å². The summed E-state index contributed by atoms with van der Waals surface area (Å²) in [5.74, 6) is 0.342. The molecule has 2 aromatic rings. The van der Waals surface area contributed by atoms with E-state index >= 15 is 0 Å². The molecule has 0 saturated carbocycles. The molecular formula is C21H27N3O2. The van der Waals surface area contributed by atoms with Gasteiger partial charge in [0.25, 0.3) is 0 Å². The second-order valence-corrected chi connectivity index (χ2v) is 7.01. The van der Waals surface area contributed by atoms with E-state index in [1.807, 2.05) is 36.4 Å². The molecule has 0 unspecified atom stereocenters. The zero-order valence-electron chi connectivity index (χ0n) is 15.5. The molecule has 0 radical (unpaired) electrons. The molecule has 3 rings (SSSR count). The highest BCUT2D eigenvalue weighted by Gasteiger charge is 2.23. The van der Waals surface area contributed by atoms with Crippen LogP contribution in [0.1, 0.15) is 43.9 Å². The van der Waals surface area contributed by atoms with Crippen LogP contribution in [0.3, 0.4) is 0 Å². The highest BCUT2D eigenvalue weighted by atomic mass is 16.5. The first-order valence-corrected chi connectivity index (χ1v) is 9.30. The molecule has 0 aliphatic carbocycles. The van der Waals surface area contributed by atoms with Gasteiger partial charge in [0.2, 0.25) is 0 Å². The monoisotopic (exact) mass is 353 g/mol. The minimum Gasteiger partial charge on any atom is -0.376 e. The summed E-state index contributed by atoms with van der Waals surface area (Å²) in [6, 6.07) is 13.6. The van der Waals surface area contributed by atoms with Crippen LogP contribution in [0.15, 0.2) is 48.7 Å². The third-order valence-electron chi connectivity index (χ3n) is 4.64. The number of hydrogen-bond donors (Lipinski definition) is 1. The average Bonchev–Trinajstić information content (AvgIpc) is 3.15. The molecule has 26 heavy (non-hydrogen) atoms. The molecule has 5 heteroatoms. The summed E-state index contributed by atoms with van der Waals surface area (Å²) in [5.41, 5.74) is 2.87. The Kier molecular flexibility index (Phi) is 6.23. The number of amides is 2. The number of para-hydroxylation sites is 1. The number of rotatable bonds is 6. The van der Waals surface area contributed by atoms with Gasteiger partial charge in [-0.2, -0.15) is 0 Å². The summed E-state index contributed by atoms with van der Waals surface area (Å²) >= 11 is 0. The minimum atomic E-state index is -0.112. The van der Waals surface area contributed by atoms with Crippen LogP contribution in [0, 0.1) is 0 Å². The van der Waals surface area contributed by atoms with Gasteiger partial charge in [-0.1, -0.05) is 38.1 Å². The number of carbonyl (C=O) groups is 1. The van der Waals surface area contributed by atoms with E-state index in [-0.39, 0.29) is 12.1 Å². The molecule has 1 aliphatic rings. The Labute approximate surface area is 155 Å². The van der Waals surface area contributed by atoms with Crippen molar-refractivity contribution in [1.82, 2.24) is 9.88 Å². The molecule has 0 spiro atoms. The van der Waals surface area contributed by atoms with Crippen LogP contribution in [-0.4, -0.2) is 35.2 Å². The van der Waals surface area contributed by atoms with Crippen LogP contribution < -0.4 is 5.32 Å². The van der Waals surface area contributed by atoms with E-state index in [4.69, 9.17) is 4.74 Å². The van der Waals surface area contributed by atoms with Gasteiger partial charge in [0.15, 0.2) is 0 Å². The molecule has 138 valence electrons. The van der Waals surface area contributed by atoms with Gasteiger partial charge >= 0.3 is 6.03 Å². The standard InChI is InChI=1S/C21H27N3O2/c1-16(2)19-10-3-4-11-20(19)23-21(25)24(15-18-9-7-13-26-18)14-17-8-5-6-12-22-17/h3-6,8,10-12,16,18H,7,9,13-15H2,1-2H3,(H,23,25)/t18-/m1/s1. The molecule has 1 aromatic carbocycles. The Hall–Kier alpha value is -2.40. The molecule has 0 bridgehead atoms. The second-order valence-electron chi connectivity index (χ2n) is 7.01. The lowest BCUT2D eigenvalue weighted by atomic mass is 10.0. The smallest absolute Gasteiger partial charge is 0.322 e. The van der Waals surface area contributed by atoms with E-state index in [1.54, 1.807) is 11.1 Å². The maximum Gasteiger partial charge on any atom is 0.322 e. The van der Waals surface area contributed by atoms with Gasteiger partial charge in [-0.05, 0) is 42.5 Å². The van der Waals surface area contributed by atoms with Crippen LogP contribution in [-0.2, 0) is 11.3 Å². The summed E-state index contributed by atoms with van der Waals surface area (Å²) in [4.78, 5) is 19.2. The number of hydrogen-bond acceptors (Lipinski definition) is 3. The molecule has 2 heterocycles. The Morgan fingerprint density at radius 3 is 2.77 bits per heavy atom. The van der Waals surface area contributed by atoms with Gasteiger partial charge in [0.1, 0.15) is 0 Å². The van der Waals surface area contributed by atoms with Crippen molar-refractivity contribution in [3.63, 3.8) is 0 Å². The Balaban J connectivity index is 1.75. The predicted molar refractivity (Wildman–Crippen MR) is 103 cm³/mol. The van der Waals surface area contributed by atoms with Gasteiger partial charge in [0.05, 0.1) is 18.3 Å². The van der Waals surface area contributed by atoms with E-state index in [0.717, 1.165) is 36.4 Å². The molecule has 1 atom stereocenters. The number of urea groups is 1. The van der Waals surface area contributed by atoms with Gasteiger partial charge in [0, 0.05) is 25.0 Å². The predicted octanol–water partition coefficient (Wildman–Crippen LogP) is 4.42. The van der Waals surface area contributed by atoms with E-state index in [2.05, 4.69) is 30.2 Å². The molecule has 2 amide bonds. The normalized spacial score (nSPS) is 16.7. The van der Waals surface area contributed by atoms with E-state index < -0.39 is 0 Å². The largest absolute Gasteiger partial charge is 0.376 e. The van der Waals surface area contributed by atoms with Crippen molar-refractivity contribution < 1.29 is 9.53 Å². The molecule has 1 saturated heterocycles. The number of nitrogens with zero attached hydrogens (tertiary/aromatic N) is 2. The van der Waals surface area contributed by atoms with Crippen molar-refractivity contribution in [2.45, 2.75) is 45.3 Å². The molecule has 1 N–H and O–H groups in total. The number of carbonyl (C=O) groups excluding carboxylic acids is 1. The van der Waals surface area contributed by atoms with Crippen molar-refractivity contribution in [3.8, 4) is 0 Å². The fourth-order valence-electron chi connectivity index (χ4n) is 3.25. The molecule has 1 aliphatic heterocycles. The van der Waals surface area contributed by atoms with Crippen LogP contribution in [0.2, 0.25) is 0 Å². The highest BCUT2D eigenvalue weighted by molar-refractivity contribution is 5.90. The van der Waals surface area contributed by atoms with E-state index in [9.17, 15) is 4.79 Å². The molecular weight excluding hydrogens is 326 g/mol. The fraction of sp³-hybridized carbons (Fsp3) is 0.429. The van der Waals surface area contributed by atoms with Crippen LogP contribution >= 0.6 is 0 Å². The number of pyridine rings is 1. The minimum absolute atomic E-state index is 0.102. The van der Waals surface area contributed by atoms with Crippen LogP contribution in [0.25, 0.3) is 0 Å². The van der Waals surface area contributed by atoms with Gasteiger partial charge in [-0.15, -0.1) is 0 Å². The third kappa shape index (κ3) is 4.82. The summed E-state index contributed by atoms with van der Waals surface area (Å²) in [7, 11) is 0. The first-order chi connectivity index (χ1) is 12.6. The molecule has 1 aromatic heterocycles. The van der Waals surface area contributed by atoms with Gasteiger partial charge in [-0.3, -0.25) is 4.98 Å². The van der Waals surface area contributed by atoms with Crippen molar-refractivity contribution in [3.05, 3.63) is 59.9 Å². The lowest BCUT2D eigenvalue weighted by Gasteiger charge is -2.26. The quantitative estimate of drug-likeness (QED) is 0.836. The number of benzene rings is 1. The lowest BCUT2D eigenvalue weighted by molar-refractivity contribution is 0.0816. The summed E-state index contributed by atoms with van der Waals surface area (Å²) < 4.78 is 5.74.